The molecule has 0 heterocycles. The van der Waals surface area contributed by atoms with E-state index in [9.17, 15) is 0 Å². The highest BCUT2D eigenvalue weighted by molar-refractivity contribution is 4.78. The average molecular weight is 154 g/mol. The molecule has 0 atom stereocenters. The highest BCUT2D eigenvalue weighted by Gasteiger charge is 2.09. The Morgan fingerprint density at radius 2 is 1.82 bits per heavy atom. The summed E-state index contributed by atoms with van der Waals surface area (Å²) >= 11 is 0. The molecule has 11 heavy (non-hydrogen) atoms. The summed E-state index contributed by atoms with van der Waals surface area (Å²) in [5.41, 5.74) is 0. The molecule has 0 spiro atoms. The van der Waals surface area contributed by atoms with Gasteiger partial charge in [-0.25, -0.2) is 0 Å². The molecule has 0 amide bonds. The molecule has 0 fully saturated rings. The van der Waals surface area contributed by atoms with Gasteiger partial charge >= 0.3 is 0 Å². The van der Waals surface area contributed by atoms with Gasteiger partial charge in [0.1, 0.15) is 0 Å². The molecule has 0 aromatic rings. The van der Waals surface area contributed by atoms with Crippen molar-refractivity contribution in [1.29, 1.82) is 5.26 Å². The molecule has 0 N–H and O–H groups in total. The van der Waals surface area contributed by atoms with E-state index in [0.717, 1.165) is 6.54 Å². The van der Waals surface area contributed by atoms with E-state index in [0.29, 0.717) is 18.5 Å². The maximum absolute atomic E-state index is 8.51. The van der Waals surface area contributed by atoms with Crippen molar-refractivity contribution in [2.75, 3.05) is 13.1 Å². The number of hydrogen-bond acceptors (Lipinski definition) is 2. The highest BCUT2D eigenvalue weighted by atomic mass is 15.1. The van der Waals surface area contributed by atoms with Crippen molar-refractivity contribution in [3.63, 3.8) is 0 Å². The highest BCUT2D eigenvalue weighted by Crippen LogP contribution is 2.02. The Morgan fingerprint density at radius 1 is 1.27 bits per heavy atom. The minimum Gasteiger partial charge on any atom is -0.288 e. The molecule has 0 radical (unpaired) electrons. The molecule has 0 bridgehead atoms. The molecule has 0 rings (SSSR count). The van der Waals surface area contributed by atoms with Crippen molar-refractivity contribution in [3.8, 4) is 6.07 Å². The minimum atomic E-state index is 0.483. The van der Waals surface area contributed by atoms with Crippen molar-refractivity contribution >= 4 is 0 Å². The Hall–Kier alpha value is -0.550. The standard InChI is InChI=1S/C9H18N2/c1-8(2)7-11(6-5-10)9(3)4/h8-9H,6-7H2,1-4H3. The van der Waals surface area contributed by atoms with Crippen molar-refractivity contribution in [3.05, 3.63) is 0 Å². The van der Waals surface area contributed by atoms with Crippen LogP contribution in [0.25, 0.3) is 0 Å². The lowest BCUT2D eigenvalue weighted by atomic mass is 10.2. The number of hydrogen-bond donors (Lipinski definition) is 0. The van der Waals surface area contributed by atoms with E-state index in [4.69, 9.17) is 5.26 Å². The van der Waals surface area contributed by atoms with Crippen LogP contribution in [0.15, 0.2) is 0 Å². The van der Waals surface area contributed by atoms with Gasteiger partial charge in [-0.2, -0.15) is 5.26 Å². The lowest BCUT2D eigenvalue weighted by Gasteiger charge is -2.24. The van der Waals surface area contributed by atoms with Gasteiger partial charge in [-0.3, -0.25) is 4.90 Å². The first kappa shape index (κ1) is 10.4. The van der Waals surface area contributed by atoms with E-state index in [1.165, 1.54) is 0 Å². The third-order valence-corrected chi connectivity index (χ3v) is 1.60. The Labute approximate surface area is 69.8 Å². The van der Waals surface area contributed by atoms with Gasteiger partial charge in [0, 0.05) is 12.6 Å². The maximum atomic E-state index is 8.51. The predicted octanol–water partition coefficient (Wildman–Crippen LogP) is 1.88. The van der Waals surface area contributed by atoms with Crippen LogP contribution in [-0.4, -0.2) is 24.0 Å². The zero-order valence-corrected chi connectivity index (χ0v) is 7.96. The van der Waals surface area contributed by atoms with E-state index >= 15 is 0 Å². The monoisotopic (exact) mass is 154 g/mol. The van der Waals surface area contributed by atoms with E-state index in [2.05, 4.69) is 38.7 Å². The van der Waals surface area contributed by atoms with Gasteiger partial charge < -0.3 is 0 Å². The van der Waals surface area contributed by atoms with Gasteiger partial charge in [-0.15, -0.1) is 0 Å². The second kappa shape index (κ2) is 5.15. The molecule has 0 saturated heterocycles. The van der Waals surface area contributed by atoms with Crippen LogP contribution >= 0.6 is 0 Å². The predicted molar refractivity (Wildman–Crippen MR) is 47.2 cm³/mol. The van der Waals surface area contributed by atoms with Crippen molar-refractivity contribution in [2.24, 2.45) is 5.92 Å². The number of nitriles is 1. The van der Waals surface area contributed by atoms with Crippen LogP contribution in [0.4, 0.5) is 0 Å². The average Bonchev–Trinajstić information content (AvgIpc) is 1.86. The van der Waals surface area contributed by atoms with Crippen LogP contribution in [0.3, 0.4) is 0 Å². The summed E-state index contributed by atoms with van der Waals surface area (Å²) in [5, 5.41) is 8.51. The summed E-state index contributed by atoms with van der Waals surface area (Å²) in [6, 6.07) is 2.66. The second-order valence-corrected chi connectivity index (χ2v) is 3.58. The van der Waals surface area contributed by atoms with Gasteiger partial charge in [0.05, 0.1) is 12.6 Å². The zero-order chi connectivity index (χ0) is 8.85. The lowest BCUT2D eigenvalue weighted by molar-refractivity contribution is 0.222. The largest absolute Gasteiger partial charge is 0.288 e. The maximum Gasteiger partial charge on any atom is 0.0868 e. The first-order valence-electron chi connectivity index (χ1n) is 4.19. The summed E-state index contributed by atoms with van der Waals surface area (Å²) in [4.78, 5) is 2.19. The second-order valence-electron chi connectivity index (χ2n) is 3.58. The molecule has 0 saturated carbocycles. The van der Waals surface area contributed by atoms with Gasteiger partial charge in [0.25, 0.3) is 0 Å². The van der Waals surface area contributed by atoms with E-state index < -0.39 is 0 Å². The zero-order valence-electron chi connectivity index (χ0n) is 7.96. The molecular formula is C9H18N2. The Morgan fingerprint density at radius 3 is 2.09 bits per heavy atom. The molecule has 2 nitrogen and oxygen atoms in total. The molecule has 0 aromatic heterocycles. The summed E-state index contributed by atoms with van der Waals surface area (Å²) in [5.74, 6) is 0.644. The van der Waals surface area contributed by atoms with Gasteiger partial charge in [0.2, 0.25) is 0 Å². The van der Waals surface area contributed by atoms with Crippen molar-refractivity contribution in [1.82, 2.24) is 4.90 Å². The van der Waals surface area contributed by atoms with Crippen LogP contribution < -0.4 is 0 Å². The summed E-state index contributed by atoms with van der Waals surface area (Å²) in [6.45, 7) is 10.2. The summed E-state index contributed by atoms with van der Waals surface area (Å²) in [7, 11) is 0. The molecule has 64 valence electrons. The van der Waals surface area contributed by atoms with Crippen molar-refractivity contribution < 1.29 is 0 Å². The minimum absolute atomic E-state index is 0.483. The molecule has 0 aliphatic carbocycles. The number of rotatable bonds is 4. The molecule has 0 aliphatic heterocycles. The summed E-state index contributed by atoms with van der Waals surface area (Å²) < 4.78 is 0. The quantitative estimate of drug-likeness (QED) is 0.578. The molecule has 0 unspecified atom stereocenters. The first-order chi connectivity index (χ1) is 5.07. The molecule has 0 aliphatic rings. The van der Waals surface area contributed by atoms with Gasteiger partial charge in [-0.05, 0) is 19.8 Å². The van der Waals surface area contributed by atoms with Crippen LogP contribution in [0.5, 0.6) is 0 Å². The molecular weight excluding hydrogens is 136 g/mol. The molecule has 2 heteroatoms. The van der Waals surface area contributed by atoms with E-state index in [-0.39, 0.29) is 0 Å². The fourth-order valence-corrected chi connectivity index (χ4v) is 1.02. The van der Waals surface area contributed by atoms with E-state index in [1.54, 1.807) is 0 Å². The Balaban J connectivity index is 3.81. The smallest absolute Gasteiger partial charge is 0.0868 e. The molecule has 0 aromatic carbocycles. The Kier molecular flexibility index (Phi) is 4.89. The third-order valence-electron chi connectivity index (χ3n) is 1.60. The van der Waals surface area contributed by atoms with Crippen LogP contribution in [0, 0.1) is 17.2 Å². The lowest BCUT2D eigenvalue weighted by Crippen LogP contribution is -2.34. The van der Waals surface area contributed by atoms with Crippen LogP contribution in [0.2, 0.25) is 0 Å². The fraction of sp³-hybridized carbons (Fsp3) is 0.889. The van der Waals surface area contributed by atoms with Crippen LogP contribution in [-0.2, 0) is 0 Å². The summed E-state index contributed by atoms with van der Waals surface area (Å²) in [6.07, 6.45) is 0. The first-order valence-corrected chi connectivity index (χ1v) is 4.19. The fourth-order valence-electron chi connectivity index (χ4n) is 1.02. The van der Waals surface area contributed by atoms with E-state index in [1.807, 2.05) is 0 Å². The van der Waals surface area contributed by atoms with Crippen LogP contribution in [0.1, 0.15) is 27.7 Å². The topological polar surface area (TPSA) is 27.0 Å². The normalized spacial score (nSPS) is 11.1. The van der Waals surface area contributed by atoms with Crippen molar-refractivity contribution in [2.45, 2.75) is 33.7 Å². The van der Waals surface area contributed by atoms with Gasteiger partial charge in [-0.1, -0.05) is 13.8 Å². The number of nitrogens with zero attached hydrogens (tertiary/aromatic N) is 2. The SMILES string of the molecule is CC(C)CN(CC#N)C(C)C. The van der Waals surface area contributed by atoms with Gasteiger partial charge in [0.15, 0.2) is 0 Å². The Bertz CT molecular complexity index is 133. The third kappa shape index (κ3) is 4.80.